The maximum atomic E-state index is 13.9. The van der Waals surface area contributed by atoms with E-state index in [4.69, 9.17) is 17.0 Å². The zero-order chi connectivity index (χ0) is 13.4. The van der Waals surface area contributed by atoms with E-state index in [1.807, 2.05) is 0 Å². The van der Waals surface area contributed by atoms with E-state index >= 15 is 0 Å². The molecule has 0 aliphatic carbocycles. The zero-order valence-corrected chi connectivity index (χ0v) is 11.1. The van der Waals surface area contributed by atoms with Crippen LogP contribution in [-0.4, -0.2) is 22.3 Å². The Kier molecular flexibility index (Phi) is 3.36. The lowest BCUT2D eigenvalue weighted by Gasteiger charge is -2.10. The lowest BCUT2D eigenvalue weighted by molar-refractivity contribution is 0.100. The van der Waals surface area contributed by atoms with E-state index in [0.29, 0.717) is 16.8 Å². The van der Waals surface area contributed by atoms with Crippen molar-refractivity contribution in [2.45, 2.75) is 31.9 Å². The van der Waals surface area contributed by atoms with Gasteiger partial charge in [0.25, 0.3) is 0 Å². The molecule has 1 atom stereocenters. The van der Waals surface area contributed by atoms with Gasteiger partial charge < -0.3 is 14.3 Å². The van der Waals surface area contributed by atoms with Crippen LogP contribution in [0.25, 0.3) is 11.0 Å². The number of aryl methyl sites for hydroxylation is 1. The number of rotatable bonds is 3. The summed E-state index contributed by atoms with van der Waals surface area (Å²) in [4.78, 5) is 2.90. The number of aromatic amines is 1. The molecule has 3 nitrogen and oxygen atoms in total. The summed E-state index contributed by atoms with van der Waals surface area (Å²) in [5.41, 5.74) is 0.735. The first-order valence-electron chi connectivity index (χ1n) is 6.35. The quantitative estimate of drug-likeness (QED) is 0.874. The van der Waals surface area contributed by atoms with Crippen LogP contribution in [0.4, 0.5) is 8.78 Å². The Balaban J connectivity index is 1.95. The molecule has 1 fully saturated rings. The molecule has 1 saturated heterocycles. The number of aromatic nitrogens is 2. The second kappa shape index (κ2) is 5.02. The van der Waals surface area contributed by atoms with Crippen LogP contribution in [0.2, 0.25) is 0 Å². The van der Waals surface area contributed by atoms with E-state index in [0.717, 1.165) is 31.9 Å². The van der Waals surface area contributed by atoms with Gasteiger partial charge in [0.15, 0.2) is 16.4 Å². The lowest BCUT2D eigenvalue weighted by atomic mass is 10.2. The second-order valence-electron chi connectivity index (χ2n) is 4.76. The van der Waals surface area contributed by atoms with Crippen LogP contribution in [-0.2, 0) is 11.3 Å². The molecular formula is C13H14F2N2OS. The SMILES string of the molecule is Fc1ccc2[nH]c(=S)n(CCC3CCCO3)c2c1F. The number of fused-ring (bicyclic) bond motifs is 1. The van der Waals surface area contributed by atoms with Gasteiger partial charge in [-0.15, -0.1) is 0 Å². The molecule has 6 heteroatoms. The molecule has 19 heavy (non-hydrogen) atoms. The van der Waals surface area contributed by atoms with E-state index in [9.17, 15) is 8.78 Å². The third-order valence-electron chi connectivity index (χ3n) is 3.52. The predicted molar refractivity (Wildman–Crippen MR) is 70.6 cm³/mol. The van der Waals surface area contributed by atoms with Crippen molar-refractivity contribution >= 4 is 23.3 Å². The van der Waals surface area contributed by atoms with Gasteiger partial charge in [-0.2, -0.15) is 0 Å². The molecule has 2 aromatic rings. The number of hydrogen-bond donors (Lipinski definition) is 1. The summed E-state index contributed by atoms with van der Waals surface area (Å²) >= 11 is 5.17. The van der Waals surface area contributed by atoms with Crippen LogP contribution in [0.5, 0.6) is 0 Å². The zero-order valence-electron chi connectivity index (χ0n) is 10.3. The molecule has 0 radical (unpaired) electrons. The molecule has 1 aromatic carbocycles. The van der Waals surface area contributed by atoms with Crippen molar-refractivity contribution in [1.82, 2.24) is 9.55 Å². The lowest BCUT2D eigenvalue weighted by Crippen LogP contribution is -2.10. The van der Waals surface area contributed by atoms with E-state index in [2.05, 4.69) is 4.98 Å². The van der Waals surface area contributed by atoms with Gasteiger partial charge in [0.1, 0.15) is 5.52 Å². The van der Waals surface area contributed by atoms with Crippen LogP contribution in [0.15, 0.2) is 12.1 Å². The molecule has 1 N–H and O–H groups in total. The highest BCUT2D eigenvalue weighted by Crippen LogP contribution is 2.22. The van der Waals surface area contributed by atoms with Crippen molar-refractivity contribution in [3.63, 3.8) is 0 Å². The molecule has 3 rings (SSSR count). The van der Waals surface area contributed by atoms with Gasteiger partial charge in [-0.1, -0.05) is 0 Å². The topological polar surface area (TPSA) is 29.9 Å². The average molecular weight is 284 g/mol. The highest BCUT2D eigenvalue weighted by molar-refractivity contribution is 7.71. The second-order valence-corrected chi connectivity index (χ2v) is 5.15. The molecule has 1 aliphatic rings. The Morgan fingerprint density at radius 3 is 3.00 bits per heavy atom. The molecule has 0 saturated carbocycles. The third kappa shape index (κ3) is 2.30. The molecule has 1 aliphatic heterocycles. The Morgan fingerprint density at radius 1 is 1.42 bits per heavy atom. The third-order valence-corrected chi connectivity index (χ3v) is 3.85. The van der Waals surface area contributed by atoms with E-state index in [1.54, 1.807) is 4.57 Å². The smallest absolute Gasteiger partial charge is 0.184 e. The minimum Gasteiger partial charge on any atom is -0.378 e. The van der Waals surface area contributed by atoms with E-state index in [-0.39, 0.29) is 11.6 Å². The van der Waals surface area contributed by atoms with Crippen molar-refractivity contribution in [3.8, 4) is 0 Å². The van der Waals surface area contributed by atoms with Crippen molar-refractivity contribution in [2.75, 3.05) is 6.61 Å². The number of benzene rings is 1. The van der Waals surface area contributed by atoms with Gasteiger partial charge in [-0.3, -0.25) is 0 Å². The molecule has 2 heterocycles. The number of hydrogen-bond acceptors (Lipinski definition) is 2. The first kappa shape index (κ1) is 12.7. The van der Waals surface area contributed by atoms with Crippen LogP contribution < -0.4 is 0 Å². The fourth-order valence-corrected chi connectivity index (χ4v) is 2.84. The summed E-state index contributed by atoms with van der Waals surface area (Å²) in [6.07, 6.45) is 3.04. The number of halogens is 2. The minimum absolute atomic E-state index is 0.198. The largest absolute Gasteiger partial charge is 0.378 e. The first-order chi connectivity index (χ1) is 9.16. The van der Waals surface area contributed by atoms with Crippen LogP contribution in [0, 0.1) is 16.4 Å². The molecule has 0 spiro atoms. The summed E-state index contributed by atoms with van der Waals surface area (Å²) < 4.78 is 34.8. The summed E-state index contributed by atoms with van der Waals surface area (Å²) in [6.45, 7) is 1.32. The van der Waals surface area contributed by atoms with Crippen molar-refractivity contribution < 1.29 is 13.5 Å². The Labute approximate surface area is 114 Å². The van der Waals surface area contributed by atoms with Crippen LogP contribution >= 0.6 is 12.2 Å². The summed E-state index contributed by atoms with van der Waals surface area (Å²) in [5, 5.41) is 0. The fraction of sp³-hybridized carbons (Fsp3) is 0.462. The number of imidazole rings is 1. The molecule has 1 aromatic heterocycles. The van der Waals surface area contributed by atoms with Crippen LogP contribution in [0.1, 0.15) is 19.3 Å². The van der Waals surface area contributed by atoms with Gasteiger partial charge in [0, 0.05) is 13.2 Å². The number of ether oxygens (including phenoxy) is 1. The van der Waals surface area contributed by atoms with Gasteiger partial charge in [-0.05, 0) is 43.6 Å². The van der Waals surface area contributed by atoms with E-state index in [1.165, 1.54) is 6.07 Å². The summed E-state index contributed by atoms with van der Waals surface area (Å²) in [7, 11) is 0. The predicted octanol–water partition coefficient (Wildman–Crippen LogP) is 3.55. The maximum Gasteiger partial charge on any atom is 0.184 e. The summed E-state index contributed by atoms with van der Waals surface area (Å²) in [5.74, 6) is -1.70. The van der Waals surface area contributed by atoms with Crippen LogP contribution in [0.3, 0.4) is 0 Å². The summed E-state index contributed by atoms with van der Waals surface area (Å²) in [6, 6.07) is 2.61. The molecule has 102 valence electrons. The van der Waals surface area contributed by atoms with Crippen molar-refractivity contribution in [1.29, 1.82) is 0 Å². The number of nitrogens with one attached hydrogen (secondary N) is 1. The monoisotopic (exact) mass is 284 g/mol. The normalized spacial score (nSPS) is 19.4. The van der Waals surface area contributed by atoms with E-state index < -0.39 is 11.6 Å². The number of nitrogens with zero attached hydrogens (tertiary/aromatic N) is 1. The van der Waals surface area contributed by atoms with Gasteiger partial charge in [0.2, 0.25) is 0 Å². The maximum absolute atomic E-state index is 13.9. The van der Waals surface area contributed by atoms with Crippen molar-refractivity contribution in [2.24, 2.45) is 0 Å². The van der Waals surface area contributed by atoms with Gasteiger partial charge in [-0.25, -0.2) is 8.78 Å². The average Bonchev–Trinajstić information content (AvgIpc) is 2.99. The molecule has 0 amide bonds. The Morgan fingerprint density at radius 2 is 2.26 bits per heavy atom. The molecule has 0 bridgehead atoms. The first-order valence-corrected chi connectivity index (χ1v) is 6.76. The molecular weight excluding hydrogens is 270 g/mol. The standard InChI is InChI=1S/C13H14F2N2OS/c14-9-3-4-10-12(11(9)15)17(13(19)16-10)6-5-8-2-1-7-18-8/h3-4,8H,1-2,5-7H2,(H,16,19). The van der Waals surface area contributed by atoms with Crippen molar-refractivity contribution in [3.05, 3.63) is 28.5 Å². The van der Waals surface area contributed by atoms with Gasteiger partial charge in [0.05, 0.1) is 11.6 Å². The Hall–Kier alpha value is -1.27. The molecule has 1 unspecified atom stereocenters. The highest BCUT2D eigenvalue weighted by Gasteiger charge is 2.18. The van der Waals surface area contributed by atoms with Gasteiger partial charge >= 0.3 is 0 Å². The minimum atomic E-state index is -0.854. The highest BCUT2D eigenvalue weighted by atomic mass is 32.1. The fourth-order valence-electron chi connectivity index (χ4n) is 2.55. The number of H-pyrrole nitrogens is 1. The Bertz CT molecular complexity index is 658.